The zero-order valence-corrected chi connectivity index (χ0v) is 17.1. The van der Waals surface area contributed by atoms with Crippen LogP contribution in [0.2, 0.25) is 0 Å². The van der Waals surface area contributed by atoms with Gasteiger partial charge in [0.2, 0.25) is 0 Å². The number of hydrogen-bond acceptors (Lipinski definition) is 4. The van der Waals surface area contributed by atoms with E-state index in [4.69, 9.17) is 0 Å². The number of benzene rings is 2. The van der Waals surface area contributed by atoms with Gasteiger partial charge in [-0.15, -0.1) is 0 Å². The molecule has 27 heavy (non-hydrogen) atoms. The molecule has 0 N–H and O–H groups in total. The lowest BCUT2D eigenvalue weighted by Gasteiger charge is -2.35. The van der Waals surface area contributed by atoms with Crippen LogP contribution in [0.3, 0.4) is 0 Å². The van der Waals surface area contributed by atoms with Gasteiger partial charge in [-0.3, -0.25) is 0 Å². The molecule has 148 valence electrons. The fourth-order valence-corrected chi connectivity index (χ4v) is 3.98. The summed E-state index contributed by atoms with van der Waals surface area (Å²) >= 11 is 0. The molecular formula is C21H30N2O3S. The Morgan fingerprint density at radius 1 is 0.889 bits per heavy atom. The van der Waals surface area contributed by atoms with E-state index < -0.39 is 10.1 Å². The Balaban J connectivity index is 0.000000223. The monoisotopic (exact) mass is 390 g/mol. The first-order chi connectivity index (χ1) is 12.9. The maximum atomic E-state index is 10.3. The Kier molecular flexibility index (Phi) is 7.83. The predicted molar refractivity (Wildman–Crippen MR) is 109 cm³/mol. The smallest absolute Gasteiger partial charge is 0.124 e. The average Bonchev–Trinajstić information content (AvgIpc) is 2.92. The number of para-hydroxylation sites is 1. The molecule has 6 heteroatoms. The highest BCUT2D eigenvalue weighted by molar-refractivity contribution is 7.85. The molecule has 0 saturated carbocycles. The standard InChI is InChI=1S/C15H25N2.C6H6O3S/c1-3-17(4-2)13-8-11-16(12-14-17)15-9-6-5-7-10-15;7-10(8,9)6-4-2-1-3-5-6/h5-7,9-10H,3-4,8,11-14H2,1-2H3;1-5H,(H,7,8,9)/q+1;/p-1. The van der Waals surface area contributed by atoms with Gasteiger partial charge in [-0.2, -0.15) is 0 Å². The zero-order chi connectivity index (χ0) is 19.8. The van der Waals surface area contributed by atoms with Gasteiger partial charge in [-0.05, 0) is 38.1 Å². The van der Waals surface area contributed by atoms with Crippen LogP contribution in [0, 0.1) is 0 Å². The van der Waals surface area contributed by atoms with Crippen molar-refractivity contribution in [1.29, 1.82) is 0 Å². The van der Waals surface area contributed by atoms with Crippen LogP contribution in [0.15, 0.2) is 65.6 Å². The van der Waals surface area contributed by atoms with Gasteiger partial charge in [0.1, 0.15) is 10.1 Å². The first-order valence-corrected chi connectivity index (χ1v) is 11.0. The Hall–Kier alpha value is -1.89. The Morgan fingerprint density at radius 2 is 1.44 bits per heavy atom. The largest absolute Gasteiger partial charge is 0.744 e. The number of nitrogens with zero attached hydrogens (tertiary/aromatic N) is 2. The van der Waals surface area contributed by atoms with Gasteiger partial charge in [0.15, 0.2) is 0 Å². The molecule has 0 spiro atoms. The molecule has 0 amide bonds. The van der Waals surface area contributed by atoms with Crippen LogP contribution in [-0.4, -0.2) is 56.7 Å². The lowest BCUT2D eigenvalue weighted by Crippen LogP contribution is -2.50. The molecule has 2 aromatic rings. The van der Waals surface area contributed by atoms with E-state index in [0.717, 1.165) is 0 Å². The molecule has 1 aliphatic rings. The van der Waals surface area contributed by atoms with E-state index in [-0.39, 0.29) is 4.90 Å². The molecule has 0 aromatic heterocycles. The van der Waals surface area contributed by atoms with Crippen molar-refractivity contribution in [3.05, 3.63) is 60.7 Å². The van der Waals surface area contributed by atoms with Gasteiger partial charge in [-0.1, -0.05) is 36.4 Å². The third-order valence-electron chi connectivity index (χ3n) is 5.40. The van der Waals surface area contributed by atoms with Gasteiger partial charge in [0.05, 0.1) is 37.6 Å². The van der Waals surface area contributed by atoms with E-state index >= 15 is 0 Å². The van der Waals surface area contributed by atoms with Crippen molar-refractivity contribution in [2.45, 2.75) is 25.2 Å². The molecule has 0 atom stereocenters. The summed E-state index contributed by atoms with van der Waals surface area (Å²) in [6.07, 6.45) is 1.32. The molecule has 3 rings (SSSR count). The highest BCUT2D eigenvalue weighted by Gasteiger charge is 2.27. The summed E-state index contributed by atoms with van der Waals surface area (Å²) in [5.74, 6) is 0. The third-order valence-corrected chi connectivity index (χ3v) is 6.25. The Bertz CT molecular complexity index is 776. The van der Waals surface area contributed by atoms with Crippen molar-refractivity contribution in [3.63, 3.8) is 0 Å². The van der Waals surface area contributed by atoms with Crippen LogP contribution in [0.25, 0.3) is 0 Å². The molecule has 1 saturated heterocycles. The van der Waals surface area contributed by atoms with Crippen LogP contribution >= 0.6 is 0 Å². The SMILES string of the molecule is CC[N+]1(CC)CCCN(c2ccccc2)CC1.O=S(=O)([O-])c1ccccc1. The summed E-state index contributed by atoms with van der Waals surface area (Å²) in [6, 6.07) is 18.0. The van der Waals surface area contributed by atoms with Crippen LogP contribution in [0.4, 0.5) is 5.69 Å². The number of anilines is 1. The number of quaternary nitrogens is 1. The van der Waals surface area contributed by atoms with Crippen molar-refractivity contribution in [2.75, 3.05) is 44.2 Å². The molecular weight excluding hydrogens is 360 g/mol. The second-order valence-corrected chi connectivity index (χ2v) is 8.24. The average molecular weight is 391 g/mol. The van der Waals surface area contributed by atoms with Gasteiger partial charge in [0.25, 0.3) is 0 Å². The summed E-state index contributed by atoms with van der Waals surface area (Å²) in [6.45, 7) is 12.3. The van der Waals surface area contributed by atoms with E-state index in [9.17, 15) is 13.0 Å². The van der Waals surface area contributed by atoms with E-state index in [1.807, 2.05) is 0 Å². The van der Waals surface area contributed by atoms with Crippen molar-refractivity contribution in [2.24, 2.45) is 0 Å². The second kappa shape index (κ2) is 9.88. The summed E-state index contributed by atoms with van der Waals surface area (Å²) in [7, 11) is -4.25. The van der Waals surface area contributed by atoms with E-state index in [2.05, 4.69) is 49.1 Å². The first-order valence-electron chi connectivity index (χ1n) is 9.56. The Labute approximate surface area is 163 Å². The van der Waals surface area contributed by atoms with E-state index in [1.54, 1.807) is 6.07 Å². The van der Waals surface area contributed by atoms with Gasteiger partial charge < -0.3 is 13.9 Å². The van der Waals surface area contributed by atoms with Crippen molar-refractivity contribution in [1.82, 2.24) is 0 Å². The van der Waals surface area contributed by atoms with Gasteiger partial charge in [0, 0.05) is 18.7 Å². The quantitative estimate of drug-likeness (QED) is 0.593. The molecule has 0 aliphatic carbocycles. The Morgan fingerprint density at radius 3 is 1.93 bits per heavy atom. The molecule has 1 heterocycles. The molecule has 1 fully saturated rings. The molecule has 5 nitrogen and oxygen atoms in total. The maximum Gasteiger partial charge on any atom is 0.124 e. The van der Waals surface area contributed by atoms with E-state index in [0.29, 0.717) is 0 Å². The number of likely N-dealkylation sites (N-methyl/N-ethyl adjacent to an activating group) is 1. The minimum Gasteiger partial charge on any atom is -0.744 e. The molecule has 0 radical (unpaired) electrons. The predicted octanol–water partition coefficient (Wildman–Crippen LogP) is 3.34. The third kappa shape index (κ3) is 6.34. The lowest BCUT2D eigenvalue weighted by atomic mass is 10.3. The zero-order valence-electron chi connectivity index (χ0n) is 16.3. The molecule has 1 aliphatic heterocycles. The van der Waals surface area contributed by atoms with Gasteiger partial charge >= 0.3 is 0 Å². The summed E-state index contributed by atoms with van der Waals surface area (Å²) in [5.41, 5.74) is 1.39. The highest BCUT2D eigenvalue weighted by Crippen LogP contribution is 2.19. The molecule has 0 unspecified atom stereocenters. The topological polar surface area (TPSA) is 60.4 Å². The van der Waals surface area contributed by atoms with Crippen LogP contribution in [0.1, 0.15) is 20.3 Å². The van der Waals surface area contributed by atoms with Crippen molar-refractivity contribution >= 4 is 15.8 Å². The molecule has 2 aromatic carbocycles. The van der Waals surface area contributed by atoms with Crippen LogP contribution in [0.5, 0.6) is 0 Å². The fraction of sp³-hybridized carbons (Fsp3) is 0.429. The minimum atomic E-state index is -4.25. The summed E-state index contributed by atoms with van der Waals surface area (Å²) in [5, 5.41) is 0. The number of rotatable bonds is 4. The van der Waals surface area contributed by atoms with Crippen molar-refractivity contribution in [3.8, 4) is 0 Å². The minimum absolute atomic E-state index is 0.185. The highest BCUT2D eigenvalue weighted by atomic mass is 32.2. The summed E-state index contributed by atoms with van der Waals surface area (Å²) < 4.78 is 32.1. The number of hydrogen-bond donors (Lipinski definition) is 0. The van der Waals surface area contributed by atoms with Crippen LogP contribution in [-0.2, 0) is 10.1 Å². The molecule has 0 bridgehead atoms. The van der Waals surface area contributed by atoms with Gasteiger partial charge in [-0.25, -0.2) is 8.42 Å². The lowest BCUT2D eigenvalue weighted by molar-refractivity contribution is -0.922. The first kappa shape index (κ1) is 21.4. The second-order valence-electron chi connectivity index (χ2n) is 6.86. The fourth-order valence-electron chi connectivity index (χ4n) is 3.49. The van der Waals surface area contributed by atoms with Crippen molar-refractivity contribution < 1.29 is 17.5 Å². The normalized spacial score (nSPS) is 16.8. The van der Waals surface area contributed by atoms with E-state index in [1.165, 1.54) is 80.1 Å². The van der Waals surface area contributed by atoms with Crippen LogP contribution < -0.4 is 4.90 Å². The maximum absolute atomic E-state index is 10.3. The summed E-state index contributed by atoms with van der Waals surface area (Å²) in [4.78, 5) is 2.36.